The average molecular weight is 412 g/mol. The number of rotatable bonds is 7. The second-order valence-corrected chi connectivity index (χ2v) is 7.83. The molecule has 6 heteroatoms. The molecule has 1 heterocycles. The number of amides is 1. The minimum absolute atomic E-state index is 0.00688. The van der Waals surface area contributed by atoms with Gasteiger partial charge in [0, 0.05) is 41.9 Å². The van der Waals surface area contributed by atoms with Gasteiger partial charge < -0.3 is 14.1 Å². The van der Waals surface area contributed by atoms with Crippen LogP contribution in [0.4, 0.5) is 0 Å². The van der Waals surface area contributed by atoms with Crippen LogP contribution < -0.4 is 10.4 Å². The lowest BCUT2D eigenvalue weighted by molar-refractivity contribution is -0.130. The lowest BCUT2D eigenvalue weighted by atomic mass is 10.0. The highest BCUT2D eigenvalue weighted by atomic mass is 32.2. The second kappa shape index (κ2) is 9.18. The first kappa shape index (κ1) is 21.0. The first-order chi connectivity index (χ1) is 13.9. The summed E-state index contributed by atoms with van der Waals surface area (Å²) in [6.45, 7) is 2.43. The van der Waals surface area contributed by atoms with Crippen molar-refractivity contribution in [1.82, 2.24) is 4.90 Å². The van der Waals surface area contributed by atoms with Crippen LogP contribution in [0.2, 0.25) is 0 Å². The van der Waals surface area contributed by atoms with Gasteiger partial charge in [0.05, 0.1) is 7.11 Å². The van der Waals surface area contributed by atoms with E-state index in [0.29, 0.717) is 29.9 Å². The van der Waals surface area contributed by atoms with Crippen molar-refractivity contribution in [2.24, 2.45) is 0 Å². The van der Waals surface area contributed by atoms with E-state index in [-0.39, 0.29) is 12.3 Å². The van der Waals surface area contributed by atoms with Crippen LogP contribution in [0.3, 0.4) is 0 Å². The second-order valence-electron chi connectivity index (χ2n) is 6.95. The highest BCUT2D eigenvalue weighted by Crippen LogP contribution is 2.24. The Bertz CT molecular complexity index is 1070. The summed E-state index contributed by atoms with van der Waals surface area (Å²) < 4.78 is 10.6. The molecule has 0 fully saturated rings. The SMILES string of the molecule is COc1ccc2c(C)c(CCC(=O)N(C)Cc3ccc(SC)cc3)c(=O)oc2c1. The van der Waals surface area contributed by atoms with Gasteiger partial charge in [-0.25, -0.2) is 4.79 Å². The molecule has 0 radical (unpaired) electrons. The Labute approximate surface area is 174 Å². The molecular weight excluding hydrogens is 386 g/mol. The van der Waals surface area contributed by atoms with Crippen molar-refractivity contribution >= 4 is 28.6 Å². The zero-order valence-corrected chi connectivity index (χ0v) is 18.0. The van der Waals surface area contributed by atoms with E-state index in [1.165, 1.54) is 4.90 Å². The minimum atomic E-state index is -0.397. The molecule has 29 heavy (non-hydrogen) atoms. The summed E-state index contributed by atoms with van der Waals surface area (Å²) >= 11 is 1.69. The van der Waals surface area contributed by atoms with E-state index in [9.17, 15) is 9.59 Å². The van der Waals surface area contributed by atoms with Gasteiger partial charge in [-0.2, -0.15) is 0 Å². The van der Waals surface area contributed by atoms with Crippen LogP contribution in [-0.2, 0) is 17.8 Å². The number of thioether (sulfide) groups is 1. The Morgan fingerprint density at radius 2 is 1.90 bits per heavy atom. The van der Waals surface area contributed by atoms with Crippen LogP contribution in [0.25, 0.3) is 11.0 Å². The monoisotopic (exact) mass is 411 g/mol. The quantitative estimate of drug-likeness (QED) is 0.425. The van der Waals surface area contributed by atoms with Gasteiger partial charge in [-0.1, -0.05) is 12.1 Å². The first-order valence-corrected chi connectivity index (χ1v) is 10.6. The smallest absolute Gasteiger partial charge is 0.339 e. The zero-order valence-electron chi connectivity index (χ0n) is 17.2. The van der Waals surface area contributed by atoms with E-state index >= 15 is 0 Å². The largest absolute Gasteiger partial charge is 0.497 e. The standard InChI is InChI=1S/C23H25NO4S/c1-15-19-10-7-17(27-3)13-21(19)28-23(26)20(15)11-12-22(25)24(2)14-16-5-8-18(29-4)9-6-16/h5-10,13H,11-12,14H2,1-4H3. The fourth-order valence-corrected chi connectivity index (χ4v) is 3.71. The van der Waals surface area contributed by atoms with Crippen molar-refractivity contribution in [1.29, 1.82) is 0 Å². The molecule has 152 valence electrons. The zero-order chi connectivity index (χ0) is 21.0. The van der Waals surface area contributed by atoms with Gasteiger partial charge >= 0.3 is 5.63 Å². The van der Waals surface area contributed by atoms with Gasteiger partial charge in [0.25, 0.3) is 0 Å². The van der Waals surface area contributed by atoms with Crippen LogP contribution in [0.1, 0.15) is 23.1 Å². The van der Waals surface area contributed by atoms with Crippen molar-refractivity contribution < 1.29 is 13.9 Å². The van der Waals surface area contributed by atoms with Crippen LogP contribution in [-0.4, -0.2) is 31.2 Å². The van der Waals surface area contributed by atoms with Crippen molar-refractivity contribution in [2.45, 2.75) is 31.2 Å². The maximum atomic E-state index is 12.6. The molecule has 3 rings (SSSR count). The number of nitrogens with zero attached hydrogens (tertiary/aromatic N) is 1. The van der Waals surface area contributed by atoms with Gasteiger partial charge in [-0.15, -0.1) is 11.8 Å². The van der Waals surface area contributed by atoms with E-state index in [0.717, 1.165) is 16.5 Å². The lowest BCUT2D eigenvalue weighted by Gasteiger charge is -2.18. The Morgan fingerprint density at radius 1 is 1.17 bits per heavy atom. The number of fused-ring (bicyclic) bond motifs is 1. The van der Waals surface area contributed by atoms with E-state index in [2.05, 4.69) is 12.1 Å². The molecule has 0 atom stereocenters. The molecule has 0 aliphatic rings. The normalized spacial score (nSPS) is 10.9. The Balaban J connectivity index is 1.70. The summed E-state index contributed by atoms with van der Waals surface area (Å²) in [6, 6.07) is 13.6. The summed E-state index contributed by atoms with van der Waals surface area (Å²) in [6.07, 6.45) is 2.64. The van der Waals surface area contributed by atoms with Crippen LogP contribution in [0, 0.1) is 6.92 Å². The van der Waals surface area contributed by atoms with E-state index < -0.39 is 5.63 Å². The molecule has 0 unspecified atom stereocenters. The molecule has 3 aromatic rings. The van der Waals surface area contributed by atoms with Crippen molar-refractivity contribution in [3.8, 4) is 5.75 Å². The maximum Gasteiger partial charge on any atom is 0.339 e. The summed E-state index contributed by atoms with van der Waals surface area (Å²) in [4.78, 5) is 27.9. The van der Waals surface area contributed by atoms with Crippen LogP contribution in [0.15, 0.2) is 56.6 Å². The molecule has 0 aliphatic heterocycles. The van der Waals surface area contributed by atoms with Gasteiger partial charge in [-0.3, -0.25) is 4.79 Å². The number of hydrogen-bond donors (Lipinski definition) is 0. The number of ether oxygens (including phenoxy) is 1. The fraction of sp³-hybridized carbons (Fsp3) is 0.304. The molecule has 5 nitrogen and oxygen atoms in total. The van der Waals surface area contributed by atoms with E-state index in [4.69, 9.17) is 9.15 Å². The number of benzene rings is 2. The first-order valence-electron chi connectivity index (χ1n) is 9.40. The van der Waals surface area contributed by atoms with Gasteiger partial charge in [0.15, 0.2) is 0 Å². The Morgan fingerprint density at radius 3 is 2.55 bits per heavy atom. The number of methoxy groups -OCH3 is 1. The third kappa shape index (κ3) is 4.82. The van der Waals surface area contributed by atoms with Gasteiger partial charge in [0.1, 0.15) is 11.3 Å². The third-order valence-corrected chi connectivity index (χ3v) is 5.83. The molecule has 1 aromatic heterocycles. The highest BCUT2D eigenvalue weighted by molar-refractivity contribution is 7.98. The predicted octanol–water partition coefficient (Wildman–Crippen LogP) is 4.42. The molecule has 0 spiro atoms. The molecular formula is C23H25NO4S. The van der Waals surface area contributed by atoms with E-state index in [1.54, 1.807) is 36.9 Å². The van der Waals surface area contributed by atoms with Crippen molar-refractivity contribution in [2.75, 3.05) is 20.4 Å². The lowest BCUT2D eigenvalue weighted by Crippen LogP contribution is -2.27. The molecule has 0 saturated heterocycles. The molecule has 0 saturated carbocycles. The molecule has 2 aromatic carbocycles. The third-order valence-electron chi connectivity index (χ3n) is 5.09. The summed E-state index contributed by atoms with van der Waals surface area (Å²) in [5, 5.41) is 0.857. The Kier molecular flexibility index (Phi) is 6.64. The van der Waals surface area contributed by atoms with E-state index in [1.807, 2.05) is 37.4 Å². The molecule has 0 N–H and O–H groups in total. The number of carbonyl (C=O) groups is 1. The van der Waals surface area contributed by atoms with Crippen LogP contribution >= 0.6 is 11.8 Å². The highest BCUT2D eigenvalue weighted by Gasteiger charge is 2.15. The topological polar surface area (TPSA) is 59.8 Å². The average Bonchev–Trinajstić information content (AvgIpc) is 2.73. The summed E-state index contributed by atoms with van der Waals surface area (Å²) in [5.41, 5.74) is 2.57. The molecule has 0 bridgehead atoms. The molecule has 0 aliphatic carbocycles. The van der Waals surface area contributed by atoms with Crippen molar-refractivity contribution in [3.63, 3.8) is 0 Å². The van der Waals surface area contributed by atoms with Gasteiger partial charge in [-0.05, 0) is 55.0 Å². The number of carbonyl (C=O) groups excluding carboxylic acids is 1. The summed E-state index contributed by atoms with van der Waals surface area (Å²) in [7, 11) is 3.35. The number of aryl methyl sites for hydroxylation is 1. The minimum Gasteiger partial charge on any atom is -0.497 e. The fourth-order valence-electron chi connectivity index (χ4n) is 3.31. The summed E-state index contributed by atoms with van der Waals surface area (Å²) in [5.74, 6) is 0.628. The van der Waals surface area contributed by atoms with Crippen molar-refractivity contribution in [3.05, 3.63) is 69.6 Å². The van der Waals surface area contributed by atoms with Crippen LogP contribution in [0.5, 0.6) is 5.75 Å². The number of hydrogen-bond acceptors (Lipinski definition) is 5. The Hall–Kier alpha value is -2.73. The maximum absolute atomic E-state index is 12.6. The molecule has 1 amide bonds. The van der Waals surface area contributed by atoms with Gasteiger partial charge in [0.2, 0.25) is 5.91 Å². The predicted molar refractivity (Wildman–Crippen MR) is 117 cm³/mol.